The molecule has 0 bridgehead atoms. The summed E-state index contributed by atoms with van der Waals surface area (Å²) in [7, 11) is 8.03. The zero-order valence-electron chi connectivity index (χ0n) is 20.6. The molecule has 2 aliphatic rings. The molecular weight excluding hydrogens is 412 g/mol. The minimum atomic E-state index is -0.254. The summed E-state index contributed by atoms with van der Waals surface area (Å²) in [6.45, 7) is 6.07. The number of likely N-dealkylation sites (N-methyl/N-ethyl adjacent to an activating group) is 1. The van der Waals surface area contributed by atoms with Crippen molar-refractivity contribution in [2.24, 2.45) is 0 Å². The van der Waals surface area contributed by atoms with E-state index in [1.807, 2.05) is 75.4 Å². The van der Waals surface area contributed by atoms with Crippen LogP contribution in [0.3, 0.4) is 0 Å². The quantitative estimate of drug-likeness (QED) is 0.656. The molecule has 0 saturated carbocycles. The molecule has 0 aromatic heterocycles. The number of amides is 2. The molecule has 0 atom stereocenters. The number of anilines is 2. The predicted octanol–water partition coefficient (Wildman–Crippen LogP) is 3.68. The standard InChI is InChI=1S/C27H34N4O2/c1-18-7-8-20(17-19(18)2)24-25(30(6)22-13-15-29(5)16-14-22)27(33)31(26(24)32)23-11-9-21(10-12-23)28(3)4/h7-12,17,22H,13-16H2,1-6H3. The van der Waals surface area contributed by atoms with Gasteiger partial charge >= 0.3 is 0 Å². The van der Waals surface area contributed by atoms with Gasteiger partial charge in [-0.1, -0.05) is 18.2 Å². The van der Waals surface area contributed by atoms with E-state index in [0.29, 0.717) is 17.0 Å². The van der Waals surface area contributed by atoms with Crippen molar-refractivity contribution in [3.8, 4) is 0 Å². The zero-order valence-corrected chi connectivity index (χ0v) is 20.6. The molecule has 2 amide bonds. The number of benzene rings is 2. The third kappa shape index (κ3) is 4.27. The van der Waals surface area contributed by atoms with Crippen LogP contribution in [0.15, 0.2) is 48.2 Å². The molecular formula is C27H34N4O2. The Hall–Kier alpha value is -3.12. The van der Waals surface area contributed by atoms with Crippen LogP contribution in [0.4, 0.5) is 11.4 Å². The Morgan fingerprint density at radius 1 is 0.848 bits per heavy atom. The van der Waals surface area contributed by atoms with Gasteiger partial charge in [0.15, 0.2) is 0 Å². The number of nitrogens with zero attached hydrogens (tertiary/aromatic N) is 4. The highest BCUT2D eigenvalue weighted by molar-refractivity contribution is 6.45. The molecule has 33 heavy (non-hydrogen) atoms. The van der Waals surface area contributed by atoms with Crippen LogP contribution in [0, 0.1) is 13.8 Å². The third-order valence-electron chi connectivity index (χ3n) is 7.07. The fourth-order valence-corrected chi connectivity index (χ4v) is 4.70. The Labute approximate surface area is 197 Å². The predicted molar refractivity (Wildman–Crippen MR) is 134 cm³/mol. The monoisotopic (exact) mass is 446 g/mol. The van der Waals surface area contributed by atoms with Gasteiger partial charge in [-0.3, -0.25) is 9.59 Å². The van der Waals surface area contributed by atoms with Crippen LogP contribution in [0.1, 0.15) is 29.5 Å². The van der Waals surface area contributed by atoms with E-state index in [9.17, 15) is 9.59 Å². The van der Waals surface area contributed by atoms with Crippen LogP contribution in [-0.4, -0.2) is 68.9 Å². The first-order valence-corrected chi connectivity index (χ1v) is 11.6. The first-order chi connectivity index (χ1) is 15.7. The number of hydrogen-bond donors (Lipinski definition) is 0. The summed E-state index contributed by atoms with van der Waals surface area (Å²) in [5.41, 5.74) is 5.70. The van der Waals surface area contributed by atoms with E-state index in [2.05, 4.69) is 23.8 Å². The lowest BCUT2D eigenvalue weighted by atomic mass is 9.97. The fraction of sp³-hybridized carbons (Fsp3) is 0.407. The fourth-order valence-electron chi connectivity index (χ4n) is 4.70. The largest absolute Gasteiger partial charge is 0.378 e. The molecule has 6 heteroatoms. The SMILES string of the molecule is Cc1ccc(C2=C(N(C)C3CCN(C)CC3)C(=O)N(c3ccc(N(C)C)cc3)C2=O)cc1C. The van der Waals surface area contributed by atoms with Gasteiger partial charge in [0.05, 0.1) is 11.3 Å². The molecule has 174 valence electrons. The van der Waals surface area contributed by atoms with Gasteiger partial charge in [-0.25, -0.2) is 4.90 Å². The smallest absolute Gasteiger partial charge is 0.282 e. The van der Waals surface area contributed by atoms with E-state index < -0.39 is 0 Å². The van der Waals surface area contributed by atoms with Gasteiger partial charge in [-0.15, -0.1) is 0 Å². The Balaban J connectivity index is 1.78. The van der Waals surface area contributed by atoms with E-state index in [1.165, 1.54) is 4.90 Å². The van der Waals surface area contributed by atoms with E-state index in [-0.39, 0.29) is 17.9 Å². The number of carbonyl (C=O) groups excluding carboxylic acids is 2. The maximum atomic E-state index is 13.8. The van der Waals surface area contributed by atoms with Crippen LogP contribution in [-0.2, 0) is 9.59 Å². The molecule has 2 aliphatic heterocycles. The summed E-state index contributed by atoms with van der Waals surface area (Å²) >= 11 is 0. The van der Waals surface area contributed by atoms with Crippen LogP contribution >= 0.6 is 0 Å². The molecule has 2 heterocycles. The van der Waals surface area contributed by atoms with Crippen LogP contribution in [0.2, 0.25) is 0 Å². The van der Waals surface area contributed by atoms with Crippen LogP contribution < -0.4 is 9.80 Å². The van der Waals surface area contributed by atoms with Crippen molar-refractivity contribution in [1.29, 1.82) is 0 Å². The van der Waals surface area contributed by atoms with Gasteiger partial charge < -0.3 is 14.7 Å². The van der Waals surface area contributed by atoms with Crippen molar-refractivity contribution in [2.75, 3.05) is 51.1 Å². The summed E-state index contributed by atoms with van der Waals surface area (Å²) < 4.78 is 0. The van der Waals surface area contributed by atoms with Gasteiger partial charge in [0.25, 0.3) is 11.8 Å². The second-order valence-corrected chi connectivity index (χ2v) is 9.52. The van der Waals surface area contributed by atoms with Crippen molar-refractivity contribution < 1.29 is 9.59 Å². The first kappa shape index (κ1) is 23.1. The lowest BCUT2D eigenvalue weighted by Gasteiger charge is -2.36. The number of aryl methyl sites for hydroxylation is 2. The number of imide groups is 1. The summed E-state index contributed by atoms with van der Waals surface area (Å²) in [5, 5.41) is 0. The average Bonchev–Trinajstić information content (AvgIpc) is 3.05. The van der Waals surface area contributed by atoms with E-state index in [4.69, 9.17) is 0 Å². The second-order valence-electron chi connectivity index (χ2n) is 9.52. The molecule has 1 saturated heterocycles. The summed E-state index contributed by atoms with van der Waals surface area (Å²) in [5.74, 6) is -0.497. The maximum absolute atomic E-state index is 13.8. The van der Waals surface area contributed by atoms with E-state index in [1.54, 1.807) is 0 Å². The minimum Gasteiger partial charge on any atom is -0.378 e. The molecule has 2 aromatic carbocycles. The number of rotatable bonds is 5. The molecule has 0 N–H and O–H groups in total. The number of piperidine rings is 1. The van der Waals surface area contributed by atoms with Gasteiger partial charge in [0.2, 0.25) is 0 Å². The molecule has 2 aromatic rings. The summed E-state index contributed by atoms with van der Waals surface area (Å²) in [4.78, 5) is 35.3. The Morgan fingerprint density at radius 2 is 1.48 bits per heavy atom. The molecule has 0 radical (unpaired) electrons. The van der Waals surface area contributed by atoms with Crippen LogP contribution in [0.5, 0.6) is 0 Å². The average molecular weight is 447 g/mol. The number of likely N-dealkylation sites (tertiary alicyclic amines) is 1. The Bertz CT molecular complexity index is 1100. The lowest BCUT2D eigenvalue weighted by molar-refractivity contribution is -0.120. The van der Waals surface area contributed by atoms with Crippen molar-refractivity contribution in [1.82, 2.24) is 9.80 Å². The topological polar surface area (TPSA) is 47.1 Å². The first-order valence-electron chi connectivity index (χ1n) is 11.6. The highest BCUT2D eigenvalue weighted by atomic mass is 16.2. The maximum Gasteiger partial charge on any atom is 0.282 e. The molecule has 0 aliphatic carbocycles. The minimum absolute atomic E-state index is 0.227. The number of carbonyl (C=O) groups is 2. The molecule has 1 fully saturated rings. The van der Waals surface area contributed by atoms with Gasteiger partial charge in [-0.2, -0.15) is 0 Å². The third-order valence-corrected chi connectivity index (χ3v) is 7.07. The van der Waals surface area contributed by atoms with E-state index >= 15 is 0 Å². The summed E-state index contributed by atoms with van der Waals surface area (Å²) in [6, 6.07) is 13.8. The normalized spacial score (nSPS) is 17.8. The number of hydrogen-bond acceptors (Lipinski definition) is 5. The molecule has 0 unspecified atom stereocenters. The highest BCUT2D eigenvalue weighted by Gasteiger charge is 2.43. The highest BCUT2D eigenvalue weighted by Crippen LogP contribution is 2.37. The van der Waals surface area contributed by atoms with Crippen molar-refractivity contribution in [2.45, 2.75) is 32.7 Å². The lowest BCUT2D eigenvalue weighted by Crippen LogP contribution is -2.43. The molecule has 4 rings (SSSR count). The zero-order chi connectivity index (χ0) is 23.9. The summed E-state index contributed by atoms with van der Waals surface area (Å²) in [6.07, 6.45) is 1.94. The second kappa shape index (κ2) is 9.02. The van der Waals surface area contributed by atoms with Gasteiger partial charge in [0, 0.05) is 32.9 Å². The van der Waals surface area contributed by atoms with Crippen molar-refractivity contribution in [3.63, 3.8) is 0 Å². The van der Waals surface area contributed by atoms with Gasteiger partial charge in [0.1, 0.15) is 5.70 Å². The van der Waals surface area contributed by atoms with Crippen molar-refractivity contribution in [3.05, 3.63) is 64.9 Å². The van der Waals surface area contributed by atoms with Crippen molar-refractivity contribution >= 4 is 28.8 Å². The molecule has 0 spiro atoms. The van der Waals surface area contributed by atoms with Gasteiger partial charge in [-0.05, 0) is 87.8 Å². The van der Waals surface area contributed by atoms with E-state index in [0.717, 1.165) is 48.3 Å². The van der Waals surface area contributed by atoms with Crippen LogP contribution in [0.25, 0.3) is 5.57 Å². The molecule has 6 nitrogen and oxygen atoms in total. The Morgan fingerprint density at radius 3 is 2.06 bits per heavy atom. The Kier molecular flexibility index (Phi) is 6.30.